The molecule has 15 heavy (non-hydrogen) atoms. The van der Waals surface area contributed by atoms with E-state index in [1.54, 1.807) is 6.20 Å². The van der Waals surface area contributed by atoms with Gasteiger partial charge in [0.2, 0.25) is 0 Å². The lowest BCUT2D eigenvalue weighted by Crippen LogP contribution is -2.11. The first kappa shape index (κ1) is 11.9. The molecule has 1 rings (SSSR count). The molecule has 0 aliphatic rings. The van der Waals surface area contributed by atoms with Gasteiger partial charge in [0.15, 0.2) is 0 Å². The molecule has 4 nitrogen and oxygen atoms in total. The van der Waals surface area contributed by atoms with Crippen molar-refractivity contribution < 1.29 is 4.74 Å². The third kappa shape index (κ3) is 6.01. The van der Waals surface area contributed by atoms with E-state index < -0.39 is 0 Å². The van der Waals surface area contributed by atoms with E-state index in [0.717, 1.165) is 32.0 Å². The highest BCUT2D eigenvalue weighted by Gasteiger charge is 1.94. The molecule has 0 atom stereocenters. The molecule has 0 radical (unpaired) electrons. The van der Waals surface area contributed by atoms with Crippen LogP contribution in [0, 0.1) is 5.92 Å². The van der Waals surface area contributed by atoms with Gasteiger partial charge in [-0.25, -0.2) is 9.97 Å². The Balaban J connectivity index is 1.98. The summed E-state index contributed by atoms with van der Waals surface area (Å²) < 4.78 is 5.46. The minimum atomic E-state index is 0.708. The lowest BCUT2D eigenvalue weighted by atomic mass is 10.1. The Kier molecular flexibility index (Phi) is 5.70. The van der Waals surface area contributed by atoms with Crippen LogP contribution in [-0.2, 0) is 4.74 Å². The fourth-order valence-corrected chi connectivity index (χ4v) is 1.07. The highest BCUT2D eigenvalue weighted by Crippen LogP contribution is 1.99. The van der Waals surface area contributed by atoms with Gasteiger partial charge < -0.3 is 10.1 Å². The lowest BCUT2D eigenvalue weighted by Gasteiger charge is -2.07. The molecule has 1 aromatic rings. The maximum atomic E-state index is 5.46. The number of rotatable bonds is 7. The molecular weight excluding hydrogens is 190 g/mol. The van der Waals surface area contributed by atoms with Gasteiger partial charge in [0, 0.05) is 19.3 Å². The van der Waals surface area contributed by atoms with Gasteiger partial charge in [0.25, 0.3) is 0 Å². The van der Waals surface area contributed by atoms with Crippen molar-refractivity contribution in [3.8, 4) is 0 Å². The van der Waals surface area contributed by atoms with E-state index in [1.807, 2.05) is 6.07 Å². The highest BCUT2D eigenvalue weighted by molar-refractivity contribution is 5.31. The fraction of sp³-hybridized carbons (Fsp3) is 0.636. The minimum absolute atomic E-state index is 0.708. The predicted molar refractivity (Wildman–Crippen MR) is 60.8 cm³/mol. The van der Waals surface area contributed by atoms with Crippen LogP contribution in [0.2, 0.25) is 0 Å². The van der Waals surface area contributed by atoms with E-state index in [1.165, 1.54) is 6.33 Å². The summed E-state index contributed by atoms with van der Waals surface area (Å²) in [6, 6.07) is 1.84. The van der Waals surface area contributed by atoms with E-state index in [4.69, 9.17) is 4.74 Å². The molecule has 0 amide bonds. The molecule has 1 N–H and O–H groups in total. The Morgan fingerprint density at radius 1 is 1.40 bits per heavy atom. The van der Waals surface area contributed by atoms with Gasteiger partial charge in [0.1, 0.15) is 12.1 Å². The first-order valence-corrected chi connectivity index (χ1v) is 5.36. The second-order valence-electron chi connectivity index (χ2n) is 3.82. The smallest absolute Gasteiger partial charge is 0.129 e. The van der Waals surface area contributed by atoms with Gasteiger partial charge in [-0.15, -0.1) is 0 Å². The van der Waals surface area contributed by atoms with Gasteiger partial charge in [-0.3, -0.25) is 0 Å². The van der Waals surface area contributed by atoms with Crippen LogP contribution in [0.4, 0.5) is 5.82 Å². The van der Waals surface area contributed by atoms with Crippen LogP contribution in [-0.4, -0.2) is 29.7 Å². The second-order valence-corrected chi connectivity index (χ2v) is 3.82. The van der Waals surface area contributed by atoms with Crippen molar-refractivity contribution in [2.75, 3.05) is 25.1 Å². The van der Waals surface area contributed by atoms with Crippen molar-refractivity contribution in [2.45, 2.75) is 20.3 Å². The predicted octanol–water partition coefficient (Wildman–Crippen LogP) is 1.95. The Morgan fingerprint density at radius 3 is 2.93 bits per heavy atom. The van der Waals surface area contributed by atoms with E-state index in [-0.39, 0.29) is 0 Å². The number of hydrogen-bond acceptors (Lipinski definition) is 4. The van der Waals surface area contributed by atoms with E-state index >= 15 is 0 Å². The Morgan fingerprint density at radius 2 is 2.27 bits per heavy atom. The van der Waals surface area contributed by atoms with Crippen LogP contribution in [0.5, 0.6) is 0 Å². The molecular formula is C11H19N3O. The average molecular weight is 209 g/mol. The van der Waals surface area contributed by atoms with Gasteiger partial charge >= 0.3 is 0 Å². The number of ether oxygens (including phenoxy) is 1. The van der Waals surface area contributed by atoms with Crippen LogP contribution in [0.1, 0.15) is 20.3 Å². The van der Waals surface area contributed by atoms with E-state index in [9.17, 15) is 0 Å². The molecule has 4 heteroatoms. The third-order valence-corrected chi connectivity index (χ3v) is 1.97. The highest BCUT2D eigenvalue weighted by atomic mass is 16.5. The minimum Gasteiger partial charge on any atom is -0.380 e. The van der Waals surface area contributed by atoms with Crippen LogP contribution < -0.4 is 5.32 Å². The molecule has 0 spiro atoms. The largest absolute Gasteiger partial charge is 0.380 e. The summed E-state index contributed by atoms with van der Waals surface area (Å²) in [6.45, 7) is 6.74. The van der Waals surface area contributed by atoms with Gasteiger partial charge in [0.05, 0.1) is 6.61 Å². The zero-order valence-electron chi connectivity index (χ0n) is 9.44. The molecule has 0 bridgehead atoms. The number of anilines is 1. The average Bonchev–Trinajstić information content (AvgIpc) is 2.24. The molecule has 84 valence electrons. The molecule has 0 fully saturated rings. The van der Waals surface area contributed by atoms with Crippen LogP contribution in [0.3, 0.4) is 0 Å². The van der Waals surface area contributed by atoms with Gasteiger partial charge in [-0.05, 0) is 18.4 Å². The monoisotopic (exact) mass is 209 g/mol. The van der Waals surface area contributed by atoms with Crippen LogP contribution in [0.15, 0.2) is 18.6 Å². The molecule has 0 unspecified atom stereocenters. The maximum Gasteiger partial charge on any atom is 0.129 e. The number of nitrogens with zero attached hydrogens (tertiary/aromatic N) is 2. The SMILES string of the molecule is CC(C)CCOCCNc1ccncn1. The summed E-state index contributed by atoms with van der Waals surface area (Å²) in [7, 11) is 0. The van der Waals surface area contributed by atoms with Gasteiger partial charge in [-0.1, -0.05) is 13.8 Å². The van der Waals surface area contributed by atoms with Crippen LogP contribution >= 0.6 is 0 Å². The second kappa shape index (κ2) is 7.17. The van der Waals surface area contributed by atoms with Crippen LogP contribution in [0.25, 0.3) is 0 Å². The maximum absolute atomic E-state index is 5.46. The number of nitrogens with one attached hydrogen (secondary N) is 1. The summed E-state index contributed by atoms with van der Waals surface area (Å²) in [5, 5.41) is 3.16. The van der Waals surface area contributed by atoms with Crippen molar-refractivity contribution in [1.29, 1.82) is 0 Å². The number of aromatic nitrogens is 2. The van der Waals surface area contributed by atoms with E-state index in [2.05, 4.69) is 29.1 Å². The molecule has 1 aromatic heterocycles. The topological polar surface area (TPSA) is 47.0 Å². The Bertz CT molecular complexity index is 251. The normalized spacial score (nSPS) is 10.6. The summed E-state index contributed by atoms with van der Waals surface area (Å²) in [5.41, 5.74) is 0. The van der Waals surface area contributed by atoms with Gasteiger partial charge in [-0.2, -0.15) is 0 Å². The van der Waals surface area contributed by atoms with Crippen molar-refractivity contribution in [2.24, 2.45) is 5.92 Å². The summed E-state index contributed by atoms with van der Waals surface area (Å²) >= 11 is 0. The third-order valence-electron chi connectivity index (χ3n) is 1.97. The van der Waals surface area contributed by atoms with E-state index in [0.29, 0.717) is 5.92 Å². The molecule has 0 saturated heterocycles. The van der Waals surface area contributed by atoms with Crippen molar-refractivity contribution in [1.82, 2.24) is 9.97 Å². The Labute approximate surface area is 91.1 Å². The molecule has 0 saturated carbocycles. The lowest BCUT2D eigenvalue weighted by molar-refractivity contribution is 0.132. The Hall–Kier alpha value is -1.16. The fourth-order valence-electron chi connectivity index (χ4n) is 1.07. The first-order chi connectivity index (χ1) is 7.29. The standard InChI is InChI=1S/C11H19N3O/c1-10(2)4-7-15-8-6-13-11-3-5-12-9-14-11/h3,5,9-10H,4,6-8H2,1-2H3,(H,12,13,14). The zero-order valence-corrected chi connectivity index (χ0v) is 9.44. The van der Waals surface area contributed by atoms with Crippen molar-refractivity contribution in [3.63, 3.8) is 0 Å². The van der Waals surface area contributed by atoms with Crippen molar-refractivity contribution in [3.05, 3.63) is 18.6 Å². The molecule has 0 aliphatic carbocycles. The summed E-state index contributed by atoms with van der Waals surface area (Å²) in [6.07, 6.45) is 4.37. The number of hydrogen-bond donors (Lipinski definition) is 1. The molecule has 0 aromatic carbocycles. The summed E-state index contributed by atoms with van der Waals surface area (Å²) in [5.74, 6) is 1.55. The quantitative estimate of drug-likeness (QED) is 0.697. The van der Waals surface area contributed by atoms with Crippen molar-refractivity contribution >= 4 is 5.82 Å². The summed E-state index contributed by atoms with van der Waals surface area (Å²) in [4.78, 5) is 7.89. The first-order valence-electron chi connectivity index (χ1n) is 5.36. The molecule has 1 heterocycles. The molecule has 0 aliphatic heterocycles. The zero-order chi connectivity index (χ0) is 10.9.